The van der Waals surface area contributed by atoms with E-state index in [1.807, 2.05) is 6.07 Å². The Bertz CT molecular complexity index is 277. The second-order valence-electron chi connectivity index (χ2n) is 2.35. The smallest absolute Gasteiger partial charge is 0.415 e. The Morgan fingerprint density at radius 1 is 1.83 bits per heavy atom. The van der Waals surface area contributed by atoms with Crippen LogP contribution in [0.2, 0.25) is 0 Å². The number of methoxy groups -OCH3 is 1. The Hall–Kier alpha value is -1.70. The van der Waals surface area contributed by atoms with Gasteiger partial charge in [0.25, 0.3) is 0 Å². The number of carbonyl (C=O) groups is 1. The van der Waals surface area contributed by atoms with Crippen LogP contribution in [0.3, 0.4) is 0 Å². The summed E-state index contributed by atoms with van der Waals surface area (Å²) in [5.74, 6) is 0.212. The van der Waals surface area contributed by atoms with Crippen LogP contribution >= 0.6 is 0 Å². The number of rotatable bonds is 0. The molecule has 0 aliphatic carbocycles. The summed E-state index contributed by atoms with van der Waals surface area (Å²) < 4.78 is 4.46. The van der Waals surface area contributed by atoms with Gasteiger partial charge in [0.1, 0.15) is 5.82 Å². The molecule has 1 amide bonds. The minimum atomic E-state index is -0.516. The van der Waals surface area contributed by atoms with Crippen LogP contribution in [-0.2, 0) is 4.74 Å². The third-order valence-electron chi connectivity index (χ3n) is 1.72. The quantitative estimate of drug-likeness (QED) is 0.557. The van der Waals surface area contributed by atoms with E-state index >= 15 is 0 Å². The molecular weight excluding hydrogens is 158 g/mol. The molecule has 5 nitrogen and oxygen atoms in total. The maximum atomic E-state index is 11.0. The Morgan fingerprint density at radius 2 is 2.50 bits per heavy atom. The number of nitrogens with zero attached hydrogens (tertiary/aromatic N) is 2. The van der Waals surface area contributed by atoms with E-state index < -0.39 is 6.09 Å². The molecule has 0 radical (unpaired) electrons. The van der Waals surface area contributed by atoms with Crippen LogP contribution in [0.1, 0.15) is 6.42 Å². The van der Waals surface area contributed by atoms with Gasteiger partial charge in [0.2, 0.25) is 0 Å². The number of hydrogen-bond acceptors (Lipinski definition) is 4. The van der Waals surface area contributed by atoms with Crippen LogP contribution in [0.15, 0.2) is 11.4 Å². The van der Waals surface area contributed by atoms with Gasteiger partial charge in [-0.15, -0.1) is 0 Å². The minimum absolute atomic E-state index is 0.212. The van der Waals surface area contributed by atoms with E-state index in [1.165, 1.54) is 12.0 Å². The Morgan fingerprint density at radius 3 is 2.92 bits per heavy atom. The fourth-order valence-electron chi connectivity index (χ4n) is 1.05. The van der Waals surface area contributed by atoms with Gasteiger partial charge in [-0.2, -0.15) is 5.26 Å². The molecule has 0 atom stereocenters. The van der Waals surface area contributed by atoms with Crippen molar-refractivity contribution in [3.05, 3.63) is 11.4 Å². The zero-order valence-corrected chi connectivity index (χ0v) is 6.70. The molecule has 5 heteroatoms. The Labute approximate surface area is 70.0 Å². The van der Waals surface area contributed by atoms with Crippen molar-refractivity contribution in [3.63, 3.8) is 0 Å². The van der Waals surface area contributed by atoms with Gasteiger partial charge in [-0.05, 0) is 0 Å². The van der Waals surface area contributed by atoms with Crippen LogP contribution < -0.4 is 5.73 Å². The molecule has 1 aliphatic rings. The lowest BCUT2D eigenvalue weighted by Gasteiger charge is -2.14. The van der Waals surface area contributed by atoms with Gasteiger partial charge in [0.05, 0.1) is 18.8 Å². The summed E-state index contributed by atoms with van der Waals surface area (Å²) in [6.45, 7) is 0.432. The highest BCUT2D eigenvalue weighted by molar-refractivity contribution is 5.71. The molecule has 0 bridgehead atoms. The van der Waals surface area contributed by atoms with Crippen molar-refractivity contribution in [2.75, 3.05) is 13.7 Å². The average Bonchev–Trinajstić information content (AvgIpc) is 2.45. The molecule has 1 heterocycles. The lowest BCUT2D eigenvalue weighted by atomic mass is 10.2. The second kappa shape index (κ2) is 3.13. The molecule has 0 saturated carbocycles. The normalized spacial score (nSPS) is 16.2. The van der Waals surface area contributed by atoms with E-state index in [0.29, 0.717) is 18.5 Å². The first kappa shape index (κ1) is 8.40. The zero-order chi connectivity index (χ0) is 9.14. The number of carbonyl (C=O) groups excluding carboxylic acids is 1. The fraction of sp³-hybridized carbons (Fsp3) is 0.429. The van der Waals surface area contributed by atoms with E-state index in [9.17, 15) is 4.79 Å². The number of hydrogen-bond donors (Lipinski definition) is 1. The van der Waals surface area contributed by atoms with Crippen LogP contribution in [-0.4, -0.2) is 24.6 Å². The van der Waals surface area contributed by atoms with Crippen LogP contribution in [0.25, 0.3) is 0 Å². The molecule has 12 heavy (non-hydrogen) atoms. The monoisotopic (exact) mass is 167 g/mol. The lowest BCUT2D eigenvalue weighted by molar-refractivity contribution is 0.139. The zero-order valence-electron chi connectivity index (χ0n) is 6.70. The van der Waals surface area contributed by atoms with E-state index in [-0.39, 0.29) is 5.82 Å². The first-order valence-electron chi connectivity index (χ1n) is 3.45. The average molecular weight is 167 g/mol. The molecule has 0 fully saturated rings. The largest absolute Gasteiger partial charge is 0.452 e. The molecule has 1 aliphatic heterocycles. The van der Waals surface area contributed by atoms with Crippen LogP contribution in [0.5, 0.6) is 0 Å². The van der Waals surface area contributed by atoms with E-state index in [2.05, 4.69) is 4.74 Å². The predicted molar refractivity (Wildman–Crippen MR) is 40.6 cm³/mol. The maximum absolute atomic E-state index is 11.0. The van der Waals surface area contributed by atoms with Crippen LogP contribution in [0, 0.1) is 11.3 Å². The molecule has 2 N–H and O–H groups in total. The Kier molecular flexibility index (Phi) is 2.19. The summed E-state index contributed by atoms with van der Waals surface area (Å²) in [6, 6.07) is 1.93. The van der Waals surface area contributed by atoms with Gasteiger partial charge in [0, 0.05) is 13.0 Å². The second-order valence-corrected chi connectivity index (χ2v) is 2.35. The van der Waals surface area contributed by atoms with Crippen molar-refractivity contribution in [1.82, 2.24) is 4.90 Å². The summed E-state index contributed by atoms with van der Waals surface area (Å²) in [5, 5.41) is 8.54. The first-order valence-corrected chi connectivity index (χ1v) is 3.45. The van der Waals surface area contributed by atoms with Gasteiger partial charge >= 0.3 is 6.09 Å². The summed E-state index contributed by atoms with van der Waals surface area (Å²) in [4.78, 5) is 12.2. The summed E-state index contributed by atoms with van der Waals surface area (Å²) >= 11 is 0. The van der Waals surface area contributed by atoms with Crippen LogP contribution in [0.4, 0.5) is 4.79 Å². The van der Waals surface area contributed by atoms with Crippen molar-refractivity contribution in [1.29, 1.82) is 5.26 Å². The topological polar surface area (TPSA) is 79.3 Å². The highest BCUT2D eigenvalue weighted by Crippen LogP contribution is 2.18. The number of amides is 1. The standard InChI is InChI=1S/C7H9N3O2/c1-12-7(11)10-3-2-5(4-8)6(10)9/h2-3,9H2,1H3. The molecular formula is C7H9N3O2. The van der Waals surface area contributed by atoms with E-state index in [0.717, 1.165) is 0 Å². The molecule has 0 saturated heterocycles. The first-order chi connectivity index (χ1) is 5.70. The maximum Gasteiger partial charge on any atom is 0.415 e. The van der Waals surface area contributed by atoms with Crippen molar-refractivity contribution in [2.45, 2.75) is 6.42 Å². The lowest BCUT2D eigenvalue weighted by Crippen LogP contribution is -2.31. The third-order valence-corrected chi connectivity index (χ3v) is 1.72. The minimum Gasteiger partial charge on any atom is -0.452 e. The number of nitrogens with two attached hydrogens (primary N) is 1. The number of ether oxygens (including phenoxy) is 1. The summed E-state index contributed by atoms with van der Waals surface area (Å²) in [7, 11) is 1.28. The predicted octanol–water partition coefficient (Wildman–Crippen LogP) is 0.152. The third kappa shape index (κ3) is 1.19. The van der Waals surface area contributed by atoms with Crippen molar-refractivity contribution in [3.8, 4) is 6.07 Å². The molecule has 0 aromatic heterocycles. The highest BCUT2D eigenvalue weighted by atomic mass is 16.5. The highest BCUT2D eigenvalue weighted by Gasteiger charge is 2.25. The SMILES string of the molecule is COC(=O)N1CCC(C#N)=C1N. The summed E-state index contributed by atoms with van der Waals surface area (Å²) in [5.41, 5.74) is 5.94. The molecule has 1 rings (SSSR count). The summed E-state index contributed by atoms with van der Waals surface area (Å²) in [6.07, 6.45) is -0.00463. The van der Waals surface area contributed by atoms with E-state index in [4.69, 9.17) is 11.0 Å². The molecule has 0 aromatic rings. The van der Waals surface area contributed by atoms with Crippen molar-refractivity contribution in [2.24, 2.45) is 5.73 Å². The van der Waals surface area contributed by atoms with E-state index in [1.54, 1.807) is 0 Å². The van der Waals surface area contributed by atoms with Gasteiger partial charge in [-0.25, -0.2) is 4.79 Å². The van der Waals surface area contributed by atoms with Crippen molar-refractivity contribution < 1.29 is 9.53 Å². The molecule has 0 spiro atoms. The van der Waals surface area contributed by atoms with Gasteiger partial charge in [-0.1, -0.05) is 0 Å². The Balaban J connectivity index is 2.81. The van der Waals surface area contributed by atoms with Gasteiger partial charge in [0.15, 0.2) is 0 Å². The molecule has 0 aromatic carbocycles. The van der Waals surface area contributed by atoms with Crippen molar-refractivity contribution >= 4 is 6.09 Å². The fourth-order valence-corrected chi connectivity index (χ4v) is 1.05. The molecule has 64 valence electrons. The number of nitriles is 1. The van der Waals surface area contributed by atoms with Gasteiger partial charge in [-0.3, -0.25) is 4.90 Å². The van der Waals surface area contributed by atoms with Gasteiger partial charge < -0.3 is 10.5 Å². The molecule has 0 unspecified atom stereocenters.